The van der Waals surface area contributed by atoms with E-state index in [1.54, 1.807) is 6.07 Å². The maximum atomic E-state index is 13.3. The van der Waals surface area contributed by atoms with E-state index in [1.165, 1.54) is 22.9 Å². The Morgan fingerprint density at radius 3 is 2.56 bits per heavy atom. The summed E-state index contributed by atoms with van der Waals surface area (Å²) in [7, 11) is -3.75. The number of benzene rings is 1. The minimum absolute atomic E-state index is 0.107. The van der Waals surface area contributed by atoms with Crippen LogP contribution in [-0.2, 0) is 10.0 Å². The summed E-state index contributed by atoms with van der Waals surface area (Å²) in [5.74, 6) is 0.641. The normalized spacial score (nSPS) is 18.6. The summed E-state index contributed by atoms with van der Waals surface area (Å²) in [6.45, 7) is 4.52. The van der Waals surface area contributed by atoms with Crippen LogP contribution < -0.4 is 10.3 Å². The number of rotatable bonds is 6. The molecule has 11 heteroatoms. The number of fused-ring (bicyclic) bond motifs is 1. The molecule has 194 valence electrons. The standard InChI is InChI=1S/C25H33N5O5S/c1-3-35-21-15-19(36(33,34)29-13-11-18(31)12-14-29)9-10-20(21)24-26-22-16(2)28-30(23(22)25(32)27-24)17-7-5-4-6-8-17/h9-10,15,17-18,31H,3-8,11-14H2,1-2H3,(H,26,27,32). The smallest absolute Gasteiger partial charge is 0.277 e. The van der Waals surface area contributed by atoms with Gasteiger partial charge >= 0.3 is 0 Å². The van der Waals surface area contributed by atoms with Gasteiger partial charge < -0.3 is 14.8 Å². The molecule has 1 aliphatic carbocycles. The van der Waals surface area contributed by atoms with E-state index in [0.29, 0.717) is 53.3 Å². The fraction of sp³-hybridized carbons (Fsp3) is 0.560. The summed E-state index contributed by atoms with van der Waals surface area (Å²) >= 11 is 0. The maximum Gasteiger partial charge on any atom is 0.277 e. The second kappa shape index (κ2) is 9.95. The molecular formula is C25H33N5O5S. The zero-order valence-electron chi connectivity index (χ0n) is 20.7. The molecule has 0 atom stereocenters. The molecule has 5 rings (SSSR count). The first kappa shape index (κ1) is 24.9. The number of aliphatic hydroxyl groups is 1. The number of sulfonamides is 1. The van der Waals surface area contributed by atoms with Gasteiger partial charge in [0.2, 0.25) is 10.0 Å². The van der Waals surface area contributed by atoms with E-state index < -0.39 is 16.1 Å². The van der Waals surface area contributed by atoms with E-state index in [4.69, 9.17) is 9.72 Å². The van der Waals surface area contributed by atoms with Crippen molar-refractivity contribution >= 4 is 21.1 Å². The molecule has 0 bridgehead atoms. The SMILES string of the molecule is CCOc1cc(S(=O)(=O)N2CCC(O)CC2)ccc1-c1nc2c(C)nn(C3CCCCC3)c2c(=O)[nH]1. The van der Waals surface area contributed by atoms with Crippen molar-refractivity contribution in [2.75, 3.05) is 19.7 Å². The van der Waals surface area contributed by atoms with Gasteiger partial charge in [-0.2, -0.15) is 9.40 Å². The van der Waals surface area contributed by atoms with Crippen LogP contribution in [0.3, 0.4) is 0 Å². The van der Waals surface area contributed by atoms with Crippen LogP contribution in [0.1, 0.15) is 63.6 Å². The number of aliphatic hydroxyl groups excluding tert-OH is 1. The first-order chi connectivity index (χ1) is 17.3. The molecule has 1 aliphatic heterocycles. The summed E-state index contributed by atoms with van der Waals surface area (Å²) in [6, 6.07) is 4.83. The van der Waals surface area contributed by atoms with Gasteiger partial charge in [0.15, 0.2) is 5.52 Å². The summed E-state index contributed by atoms with van der Waals surface area (Å²) in [4.78, 5) is 21.0. The molecule has 3 aromatic rings. The van der Waals surface area contributed by atoms with Crippen LogP contribution in [0.15, 0.2) is 27.9 Å². The first-order valence-corrected chi connectivity index (χ1v) is 14.2. The molecule has 36 heavy (non-hydrogen) atoms. The van der Waals surface area contributed by atoms with Crippen molar-refractivity contribution in [3.8, 4) is 17.1 Å². The molecule has 0 radical (unpaired) electrons. The number of nitrogens with zero attached hydrogens (tertiary/aromatic N) is 4. The Morgan fingerprint density at radius 1 is 1.14 bits per heavy atom. The Bertz CT molecular complexity index is 1420. The van der Waals surface area contributed by atoms with Gasteiger partial charge in [-0.15, -0.1) is 0 Å². The maximum absolute atomic E-state index is 13.3. The Balaban J connectivity index is 1.55. The third kappa shape index (κ3) is 4.55. The van der Waals surface area contributed by atoms with Gasteiger partial charge in [-0.05, 0) is 51.7 Å². The van der Waals surface area contributed by atoms with Gasteiger partial charge in [-0.3, -0.25) is 9.48 Å². The quantitative estimate of drug-likeness (QED) is 0.516. The number of H-pyrrole nitrogens is 1. The molecule has 2 aliphatic rings. The predicted octanol–water partition coefficient (Wildman–Crippen LogP) is 3.14. The molecule has 0 amide bonds. The van der Waals surface area contributed by atoms with Crippen LogP contribution in [-0.4, -0.2) is 63.4 Å². The van der Waals surface area contributed by atoms with Crippen molar-refractivity contribution in [2.24, 2.45) is 0 Å². The average molecular weight is 516 g/mol. The Hall–Kier alpha value is -2.76. The average Bonchev–Trinajstić information content (AvgIpc) is 3.22. The van der Waals surface area contributed by atoms with Gasteiger partial charge in [0, 0.05) is 19.2 Å². The molecule has 1 aromatic carbocycles. The van der Waals surface area contributed by atoms with Gasteiger partial charge in [0.05, 0.1) is 34.9 Å². The molecular weight excluding hydrogens is 482 g/mol. The second-order valence-corrected chi connectivity index (χ2v) is 11.6. The van der Waals surface area contributed by atoms with Crippen molar-refractivity contribution in [2.45, 2.75) is 75.8 Å². The summed E-state index contributed by atoms with van der Waals surface area (Å²) in [5, 5.41) is 14.4. The van der Waals surface area contributed by atoms with E-state index in [2.05, 4.69) is 10.1 Å². The fourth-order valence-corrected chi connectivity index (χ4v) is 6.76. The van der Waals surface area contributed by atoms with Crippen LogP contribution >= 0.6 is 0 Å². The van der Waals surface area contributed by atoms with Crippen LogP contribution in [0.25, 0.3) is 22.4 Å². The van der Waals surface area contributed by atoms with Crippen LogP contribution in [0, 0.1) is 6.92 Å². The lowest BCUT2D eigenvalue weighted by Crippen LogP contribution is -2.40. The summed E-state index contributed by atoms with van der Waals surface area (Å²) < 4.78 is 35.5. The highest BCUT2D eigenvalue weighted by Gasteiger charge is 2.30. The predicted molar refractivity (Wildman–Crippen MR) is 136 cm³/mol. The van der Waals surface area contributed by atoms with Crippen molar-refractivity contribution in [3.63, 3.8) is 0 Å². The van der Waals surface area contributed by atoms with E-state index in [-0.39, 0.29) is 29.6 Å². The molecule has 2 N–H and O–H groups in total. The number of piperidine rings is 1. The minimum Gasteiger partial charge on any atom is -0.493 e. The van der Waals surface area contributed by atoms with Gasteiger partial charge in [0.25, 0.3) is 5.56 Å². The zero-order valence-corrected chi connectivity index (χ0v) is 21.6. The van der Waals surface area contributed by atoms with Crippen molar-refractivity contribution < 1.29 is 18.3 Å². The molecule has 10 nitrogen and oxygen atoms in total. The lowest BCUT2D eigenvalue weighted by Gasteiger charge is -2.29. The highest BCUT2D eigenvalue weighted by molar-refractivity contribution is 7.89. The lowest BCUT2D eigenvalue weighted by molar-refractivity contribution is 0.113. The number of hydrogen-bond donors (Lipinski definition) is 2. The van der Waals surface area contributed by atoms with E-state index in [9.17, 15) is 18.3 Å². The number of hydrogen-bond acceptors (Lipinski definition) is 7. The Labute approximate surface area is 210 Å². The summed E-state index contributed by atoms with van der Waals surface area (Å²) in [5.41, 5.74) is 1.95. The van der Waals surface area contributed by atoms with Crippen LogP contribution in [0.2, 0.25) is 0 Å². The highest BCUT2D eigenvalue weighted by Crippen LogP contribution is 2.34. The molecule has 0 spiro atoms. The number of aromatic amines is 1. The topological polar surface area (TPSA) is 130 Å². The fourth-order valence-electron chi connectivity index (χ4n) is 5.27. The third-order valence-corrected chi connectivity index (χ3v) is 9.11. The minimum atomic E-state index is -3.75. The van der Waals surface area contributed by atoms with Gasteiger partial charge in [-0.1, -0.05) is 19.3 Å². The van der Waals surface area contributed by atoms with E-state index >= 15 is 0 Å². The van der Waals surface area contributed by atoms with Gasteiger partial charge in [-0.25, -0.2) is 13.4 Å². The number of aryl methyl sites for hydroxylation is 1. The first-order valence-electron chi connectivity index (χ1n) is 12.7. The van der Waals surface area contributed by atoms with Gasteiger partial charge in [0.1, 0.15) is 17.1 Å². The summed E-state index contributed by atoms with van der Waals surface area (Å²) in [6.07, 6.45) is 5.80. The lowest BCUT2D eigenvalue weighted by atomic mass is 9.95. The van der Waals surface area contributed by atoms with Crippen molar-refractivity contribution in [3.05, 3.63) is 34.2 Å². The number of ether oxygens (including phenoxy) is 1. The van der Waals surface area contributed by atoms with E-state index in [1.807, 2.05) is 18.5 Å². The molecule has 2 fully saturated rings. The zero-order chi connectivity index (χ0) is 25.4. The second-order valence-electron chi connectivity index (χ2n) is 9.66. The molecule has 1 saturated heterocycles. The molecule has 1 saturated carbocycles. The number of aromatic nitrogens is 4. The molecule has 0 unspecified atom stereocenters. The highest BCUT2D eigenvalue weighted by atomic mass is 32.2. The molecule has 3 heterocycles. The van der Waals surface area contributed by atoms with Crippen LogP contribution in [0.4, 0.5) is 0 Å². The van der Waals surface area contributed by atoms with Crippen LogP contribution in [0.5, 0.6) is 5.75 Å². The monoisotopic (exact) mass is 515 g/mol. The van der Waals surface area contributed by atoms with Crippen molar-refractivity contribution in [1.29, 1.82) is 0 Å². The van der Waals surface area contributed by atoms with E-state index in [0.717, 1.165) is 25.7 Å². The third-order valence-electron chi connectivity index (χ3n) is 7.21. The largest absolute Gasteiger partial charge is 0.493 e. The Morgan fingerprint density at radius 2 is 1.86 bits per heavy atom. The van der Waals surface area contributed by atoms with Crippen molar-refractivity contribution in [1.82, 2.24) is 24.1 Å². The number of nitrogens with one attached hydrogen (secondary N) is 1. The molecule has 2 aromatic heterocycles. The Kier molecular flexibility index (Phi) is 6.88.